The van der Waals surface area contributed by atoms with Crippen LogP contribution in [-0.2, 0) is 0 Å². The molecule has 0 spiro atoms. The van der Waals surface area contributed by atoms with E-state index < -0.39 is 4.92 Å². The second-order valence-corrected chi connectivity index (χ2v) is 4.33. The van der Waals surface area contributed by atoms with E-state index in [1.165, 1.54) is 6.07 Å². The average Bonchev–Trinajstić information content (AvgIpc) is 2.40. The lowest BCUT2D eigenvalue weighted by atomic mass is 10.1. The van der Waals surface area contributed by atoms with Crippen LogP contribution in [0.25, 0.3) is 11.1 Å². The minimum Gasteiger partial charge on any atom is -0.258 e. The summed E-state index contributed by atoms with van der Waals surface area (Å²) in [5.41, 5.74) is 1.64. The lowest BCUT2D eigenvalue weighted by Gasteiger charge is -2.03. The standard InChI is InChI=1S/C13H8N2O2S/c14-9-18-13-7-6-11(8-12(13)15(16)17)10-4-2-1-3-5-10/h1-8H. The highest BCUT2D eigenvalue weighted by Gasteiger charge is 2.15. The van der Waals surface area contributed by atoms with Gasteiger partial charge in [-0.25, -0.2) is 0 Å². The molecular formula is C13H8N2O2S. The van der Waals surface area contributed by atoms with Crippen molar-refractivity contribution in [3.63, 3.8) is 0 Å². The van der Waals surface area contributed by atoms with E-state index in [4.69, 9.17) is 5.26 Å². The van der Waals surface area contributed by atoms with Gasteiger partial charge in [0.15, 0.2) is 0 Å². The van der Waals surface area contributed by atoms with Crippen LogP contribution in [0.3, 0.4) is 0 Å². The zero-order valence-electron chi connectivity index (χ0n) is 9.24. The summed E-state index contributed by atoms with van der Waals surface area (Å²) in [6, 6.07) is 14.3. The fourth-order valence-electron chi connectivity index (χ4n) is 1.61. The van der Waals surface area contributed by atoms with E-state index in [2.05, 4.69) is 0 Å². The van der Waals surface area contributed by atoms with Crippen LogP contribution in [0.1, 0.15) is 0 Å². The number of nitro groups is 1. The molecule has 0 fully saturated rings. The number of hydrogen-bond acceptors (Lipinski definition) is 4. The predicted molar refractivity (Wildman–Crippen MR) is 70.0 cm³/mol. The van der Waals surface area contributed by atoms with Crippen LogP contribution in [0.4, 0.5) is 5.69 Å². The molecule has 5 heteroatoms. The van der Waals surface area contributed by atoms with Gasteiger partial charge >= 0.3 is 0 Å². The van der Waals surface area contributed by atoms with E-state index in [0.717, 1.165) is 22.9 Å². The van der Waals surface area contributed by atoms with Crippen LogP contribution < -0.4 is 0 Å². The van der Waals surface area contributed by atoms with Gasteiger partial charge in [0.2, 0.25) is 0 Å². The first-order chi connectivity index (χ1) is 8.72. The van der Waals surface area contributed by atoms with Crippen LogP contribution in [0, 0.1) is 20.8 Å². The lowest BCUT2D eigenvalue weighted by Crippen LogP contribution is -1.91. The molecule has 0 radical (unpaired) electrons. The molecule has 0 bridgehead atoms. The Hall–Kier alpha value is -2.32. The number of nitro benzene ring substituents is 1. The Morgan fingerprint density at radius 2 is 1.83 bits per heavy atom. The quantitative estimate of drug-likeness (QED) is 0.362. The number of nitriles is 1. The number of benzene rings is 2. The number of hydrogen-bond donors (Lipinski definition) is 0. The maximum absolute atomic E-state index is 11.0. The Morgan fingerprint density at radius 1 is 1.11 bits per heavy atom. The van der Waals surface area contributed by atoms with Crippen molar-refractivity contribution >= 4 is 17.4 Å². The third-order valence-electron chi connectivity index (χ3n) is 2.42. The molecule has 0 N–H and O–H groups in total. The highest BCUT2D eigenvalue weighted by atomic mass is 32.2. The van der Waals surface area contributed by atoms with E-state index >= 15 is 0 Å². The molecule has 2 rings (SSSR count). The largest absolute Gasteiger partial charge is 0.284 e. The molecule has 0 aliphatic heterocycles. The Morgan fingerprint density at radius 3 is 2.44 bits per heavy atom. The maximum atomic E-state index is 11.0. The van der Waals surface area contributed by atoms with Gasteiger partial charge in [0.05, 0.1) is 4.92 Å². The molecule has 2 aromatic carbocycles. The monoisotopic (exact) mass is 256 g/mol. The van der Waals surface area contributed by atoms with Crippen molar-refractivity contribution in [3.05, 3.63) is 58.6 Å². The van der Waals surface area contributed by atoms with Gasteiger partial charge in [0, 0.05) is 6.07 Å². The number of rotatable bonds is 3. The van der Waals surface area contributed by atoms with Crippen LogP contribution in [-0.4, -0.2) is 4.92 Å². The maximum Gasteiger partial charge on any atom is 0.284 e. The van der Waals surface area contributed by atoms with E-state index in [0.29, 0.717) is 4.90 Å². The summed E-state index contributed by atoms with van der Waals surface area (Å²) in [6.07, 6.45) is 0. The Bertz CT molecular complexity index is 621. The average molecular weight is 256 g/mol. The Balaban J connectivity index is 2.51. The molecule has 18 heavy (non-hydrogen) atoms. The van der Waals surface area contributed by atoms with Gasteiger partial charge in [-0.1, -0.05) is 36.4 Å². The minimum absolute atomic E-state index is 0.0390. The summed E-state index contributed by atoms with van der Waals surface area (Å²) < 4.78 is 0. The summed E-state index contributed by atoms with van der Waals surface area (Å²) in [7, 11) is 0. The van der Waals surface area contributed by atoms with Crippen molar-refractivity contribution in [2.45, 2.75) is 4.90 Å². The molecule has 2 aromatic rings. The van der Waals surface area contributed by atoms with Crippen LogP contribution >= 0.6 is 11.8 Å². The molecule has 0 aliphatic rings. The zero-order chi connectivity index (χ0) is 13.0. The second kappa shape index (κ2) is 5.34. The van der Waals surface area contributed by atoms with Gasteiger partial charge in [-0.2, -0.15) is 5.26 Å². The summed E-state index contributed by atoms with van der Waals surface area (Å²) in [4.78, 5) is 10.9. The molecule has 0 heterocycles. The topological polar surface area (TPSA) is 66.9 Å². The third kappa shape index (κ3) is 2.50. The zero-order valence-corrected chi connectivity index (χ0v) is 10.1. The SMILES string of the molecule is N#CSc1ccc(-c2ccccc2)cc1[N+](=O)[O-]. The van der Waals surface area contributed by atoms with E-state index in [9.17, 15) is 10.1 Å². The highest BCUT2D eigenvalue weighted by molar-refractivity contribution is 8.03. The summed E-state index contributed by atoms with van der Waals surface area (Å²) in [5.74, 6) is 0. The van der Waals surface area contributed by atoms with Crippen molar-refractivity contribution in [2.75, 3.05) is 0 Å². The third-order valence-corrected chi connectivity index (χ3v) is 3.07. The van der Waals surface area contributed by atoms with Gasteiger partial charge in [-0.05, 0) is 29.0 Å². The van der Waals surface area contributed by atoms with Crippen molar-refractivity contribution in [3.8, 4) is 16.5 Å². The van der Waals surface area contributed by atoms with Crippen molar-refractivity contribution in [2.24, 2.45) is 0 Å². The number of thioether (sulfide) groups is 1. The number of thiocyanates is 1. The second-order valence-electron chi connectivity index (χ2n) is 3.50. The minimum atomic E-state index is -0.466. The normalized spacial score (nSPS) is 9.72. The van der Waals surface area contributed by atoms with Crippen molar-refractivity contribution < 1.29 is 4.92 Å². The molecule has 0 saturated carbocycles. The van der Waals surface area contributed by atoms with Crippen LogP contribution in [0.2, 0.25) is 0 Å². The fourth-order valence-corrected chi connectivity index (χ4v) is 2.08. The first-order valence-electron chi connectivity index (χ1n) is 5.12. The molecule has 0 aromatic heterocycles. The van der Waals surface area contributed by atoms with Gasteiger partial charge in [0.25, 0.3) is 5.69 Å². The molecule has 0 unspecified atom stereocenters. The van der Waals surface area contributed by atoms with Crippen LogP contribution in [0.5, 0.6) is 0 Å². The van der Waals surface area contributed by atoms with Gasteiger partial charge in [-0.15, -0.1) is 0 Å². The Labute approximate surface area is 108 Å². The fraction of sp³-hybridized carbons (Fsp3) is 0. The number of nitrogens with zero attached hydrogens (tertiary/aromatic N) is 2. The molecule has 0 saturated heterocycles. The van der Waals surface area contributed by atoms with Gasteiger partial charge in [-0.3, -0.25) is 10.1 Å². The van der Waals surface area contributed by atoms with E-state index in [1.54, 1.807) is 12.1 Å². The predicted octanol–water partition coefficient (Wildman–Crippen LogP) is 3.83. The molecule has 0 amide bonds. The van der Waals surface area contributed by atoms with Crippen LogP contribution in [0.15, 0.2) is 53.4 Å². The molecule has 88 valence electrons. The summed E-state index contributed by atoms with van der Waals surface area (Å²) in [6.45, 7) is 0. The van der Waals surface area contributed by atoms with Gasteiger partial charge < -0.3 is 0 Å². The molecule has 0 aliphatic carbocycles. The molecule has 0 atom stereocenters. The van der Waals surface area contributed by atoms with Gasteiger partial charge in [0.1, 0.15) is 10.3 Å². The van der Waals surface area contributed by atoms with Crippen molar-refractivity contribution in [1.29, 1.82) is 5.26 Å². The highest BCUT2D eigenvalue weighted by Crippen LogP contribution is 2.32. The van der Waals surface area contributed by atoms with E-state index in [1.807, 2.05) is 35.7 Å². The van der Waals surface area contributed by atoms with Crippen molar-refractivity contribution in [1.82, 2.24) is 0 Å². The first-order valence-corrected chi connectivity index (χ1v) is 5.94. The summed E-state index contributed by atoms with van der Waals surface area (Å²) >= 11 is 0.798. The first kappa shape index (κ1) is 12.1. The Kier molecular flexibility index (Phi) is 3.60. The van der Waals surface area contributed by atoms with E-state index in [-0.39, 0.29) is 5.69 Å². The summed E-state index contributed by atoms with van der Waals surface area (Å²) in [5, 5.41) is 21.4. The lowest BCUT2D eigenvalue weighted by molar-refractivity contribution is -0.387. The molecule has 4 nitrogen and oxygen atoms in total. The smallest absolute Gasteiger partial charge is 0.258 e. The molecular weight excluding hydrogens is 248 g/mol.